The number of rotatable bonds is 1. The van der Waals surface area contributed by atoms with Gasteiger partial charge in [-0.2, -0.15) is 0 Å². The van der Waals surface area contributed by atoms with E-state index in [0.29, 0.717) is 0 Å². The van der Waals surface area contributed by atoms with Crippen LogP contribution in [-0.2, 0) is 6.61 Å². The molecule has 0 bridgehead atoms. The minimum absolute atomic E-state index is 0.0314. The van der Waals surface area contributed by atoms with Crippen molar-refractivity contribution in [1.29, 1.82) is 0 Å². The number of aromatic nitrogens is 2. The van der Waals surface area contributed by atoms with E-state index in [9.17, 15) is 0 Å². The molecule has 0 aliphatic rings. The molecule has 3 nitrogen and oxygen atoms in total. The molecule has 66 valence electrons. The Bertz CT molecular complexity index is 440. The van der Waals surface area contributed by atoms with Gasteiger partial charge in [0, 0.05) is 23.5 Å². The molecule has 3 heteroatoms. The molecule has 0 atom stereocenters. The average Bonchev–Trinajstić information content (AvgIpc) is 2.17. The average molecular weight is 174 g/mol. The molecule has 1 N–H and O–H groups in total. The molecule has 13 heavy (non-hydrogen) atoms. The monoisotopic (exact) mass is 174 g/mol. The first-order valence-electron chi connectivity index (χ1n) is 4.12. The van der Waals surface area contributed by atoms with Crippen molar-refractivity contribution in [2.45, 2.75) is 13.5 Å². The molecule has 0 spiro atoms. The quantitative estimate of drug-likeness (QED) is 0.711. The highest BCUT2D eigenvalue weighted by molar-refractivity contribution is 5.78. The van der Waals surface area contributed by atoms with Crippen LogP contribution in [0.25, 0.3) is 10.9 Å². The highest BCUT2D eigenvalue weighted by atomic mass is 16.3. The van der Waals surface area contributed by atoms with Crippen LogP contribution in [0.3, 0.4) is 0 Å². The molecular formula is C10H10N2O. The van der Waals surface area contributed by atoms with E-state index in [4.69, 9.17) is 5.11 Å². The normalized spacial score (nSPS) is 10.6. The summed E-state index contributed by atoms with van der Waals surface area (Å²) in [6, 6.07) is 3.79. The van der Waals surface area contributed by atoms with Gasteiger partial charge in [0.25, 0.3) is 0 Å². The fourth-order valence-electron chi connectivity index (χ4n) is 1.32. The summed E-state index contributed by atoms with van der Waals surface area (Å²) in [4.78, 5) is 8.34. The van der Waals surface area contributed by atoms with Crippen LogP contribution in [0, 0.1) is 6.92 Å². The van der Waals surface area contributed by atoms with Crippen LogP contribution in [0.2, 0.25) is 0 Å². The van der Waals surface area contributed by atoms with Crippen LogP contribution < -0.4 is 0 Å². The van der Waals surface area contributed by atoms with E-state index in [0.717, 1.165) is 22.2 Å². The third-order valence-electron chi connectivity index (χ3n) is 2.08. The Hall–Kier alpha value is -1.48. The number of pyridine rings is 2. The largest absolute Gasteiger partial charge is 0.392 e. The SMILES string of the molecule is Cc1nc2ccncc2cc1CO. The van der Waals surface area contributed by atoms with Crippen molar-refractivity contribution < 1.29 is 5.11 Å². The topological polar surface area (TPSA) is 46.0 Å². The molecule has 2 rings (SSSR count). The third kappa shape index (κ3) is 1.38. The zero-order valence-electron chi connectivity index (χ0n) is 7.36. The van der Waals surface area contributed by atoms with Crippen LogP contribution in [0.1, 0.15) is 11.3 Å². The molecule has 0 amide bonds. The van der Waals surface area contributed by atoms with Crippen molar-refractivity contribution in [2.24, 2.45) is 0 Å². The molecule has 0 unspecified atom stereocenters. The fraction of sp³-hybridized carbons (Fsp3) is 0.200. The Labute approximate surface area is 76.1 Å². The third-order valence-corrected chi connectivity index (χ3v) is 2.08. The lowest BCUT2D eigenvalue weighted by Crippen LogP contribution is -1.93. The number of nitrogens with zero attached hydrogens (tertiary/aromatic N) is 2. The maximum Gasteiger partial charge on any atom is 0.0736 e. The van der Waals surface area contributed by atoms with Crippen molar-refractivity contribution in [3.63, 3.8) is 0 Å². The molecule has 2 aromatic rings. The maximum absolute atomic E-state index is 9.02. The van der Waals surface area contributed by atoms with Crippen molar-refractivity contribution in [3.8, 4) is 0 Å². The fourth-order valence-corrected chi connectivity index (χ4v) is 1.32. The van der Waals surface area contributed by atoms with Crippen LogP contribution >= 0.6 is 0 Å². The number of hydrogen-bond acceptors (Lipinski definition) is 3. The Balaban J connectivity index is 2.74. The Morgan fingerprint density at radius 3 is 3.08 bits per heavy atom. The highest BCUT2D eigenvalue weighted by Gasteiger charge is 2.00. The zero-order chi connectivity index (χ0) is 9.26. The molecular weight excluding hydrogens is 164 g/mol. The summed E-state index contributed by atoms with van der Waals surface area (Å²) >= 11 is 0. The Morgan fingerprint density at radius 2 is 2.31 bits per heavy atom. The molecule has 0 saturated heterocycles. The summed E-state index contributed by atoms with van der Waals surface area (Å²) in [6.07, 6.45) is 3.47. The van der Waals surface area contributed by atoms with Gasteiger partial charge in [-0.05, 0) is 24.6 Å². The van der Waals surface area contributed by atoms with Gasteiger partial charge in [-0.25, -0.2) is 0 Å². The van der Waals surface area contributed by atoms with Gasteiger partial charge in [0.05, 0.1) is 12.1 Å². The summed E-state index contributed by atoms with van der Waals surface area (Å²) in [5.41, 5.74) is 2.66. The van der Waals surface area contributed by atoms with Gasteiger partial charge in [0.2, 0.25) is 0 Å². The first-order chi connectivity index (χ1) is 6.31. The molecule has 0 aromatic carbocycles. The number of hydrogen-bond donors (Lipinski definition) is 1. The maximum atomic E-state index is 9.02. The minimum atomic E-state index is 0.0314. The molecule has 0 fully saturated rings. The summed E-state index contributed by atoms with van der Waals surface area (Å²) in [5.74, 6) is 0. The van der Waals surface area contributed by atoms with E-state index in [1.54, 1.807) is 12.4 Å². The van der Waals surface area contributed by atoms with Crippen LogP contribution in [-0.4, -0.2) is 15.1 Å². The molecule has 0 aliphatic heterocycles. The number of aryl methyl sites for hydroxylation is 1. The molecule has 0 radical (unpaired) electrons. The van der Waals surface area contributed by atoms with E-state index in [1.165, 1.54) is 0 Å². The van der Waals surface area contributed by atoms with Gasteiger partial charge in [0.15, 0.2) is 0 Å². The van der Waals surface area contributed by atoms with Crippen molar-refractivity contribution >= 4 is 10.9 Å². The lowest BCUT2D eigenvalue weighted by molar-refractivity contribution is 0.280. The highest BCUT2D eigenvalue weighted by Crippen LogP contribution is 2.14. The smallest absolute Gasteiger partial charge is 0.0736 e. The molecule has 2 aromatic heterocycles. The predicted molar refractivity (Wildman–Crippen MR) is 50.2 cm³/mol. The number of aliphatic hydroxyl groups is 1. The van der Waals surface area contributed by atoms with E-state index in [-0.39, 0.29) is 6.61 Å². The second-order valence-electron chi connectivity index (χ2n) is 2.96. The summed E-state index contributed by atoms with van der Waals surface area (Å²) < 4.78 is 0. The zero-order valence-corrected chi connectivity index (χ0v) is 7.36. The second kappa shape index (κ2) is 3.11. The lowest BCUT2D eigenvalue weighted by Gasteiger charge is -2.03. The number of aliphatic hydroxyl groups excluding tert-OH is 1. The van der Waals surface area contributed by atoms with Gasteiger partial charge in [-0.15, -0.1) is 0 Å². The molecule has 0 aliphatic carbocycles. The number of fused-ring (bicyclic) bond motifs is 1. The standard InChI is InChI=1S/C10H10N2O/c1-7-9(6-13)4-8-5-11-3-2-10(8)12-7/h2-5,13H,6H2,1H3. The van der Waals surface area contributed by atoms with Crippen LogP contribution in [0.5, 0.6) is 0 Å². The van der Waals surface area contributed by atoms with Gasteiger partial charge in [-0.3, -0.25) is 9.97 Å². The molecule has 0 saturated carbocycles. The second-order valence-corrected chi connectivity index (χ2v) is 2.96. The minimum Gasteiger partial charge on any atom is -0.392 e. The van der Waals surface area contributed by atoms with Gasteiger partial charge >= 0.3 is 0 Å². The van der Waals surface area contributed by atoms with Gasteiger partial charge in [0.1, 0.15) is 0 Å². The Kier molecular flexibility index (Phi) is 1.94. The van der Waals surface area contributed by atoms with E-state index >= 15 is 0 Å². The van der Waals surface area contributed by atoms with E-state index in [2.05, 4.69) is 9.97 Å². The summed E-state index contributed by atoms with van der Waals surface area (Å²) in [7, 11) is 0. The van der Waals surface area contributed by atoms with Gasteiger partial charge < -0.3 is 5.11 Å². The van der Waals surface area contributed by atoms with Gasteiger partial charge in [-0.1, -0.05) is 0 Å². The van der Waals surface area contributed by atoms with Crippen molar-refractivity contribution in [2.75, 3.05) is 0 Å². The lowest BCUT2D eigenvalue weighted by atomic mass is 10.1. The Morgan fingerprint density at radius 1 is 1.46 bits per heavy atom. The predicted octanol–water partition coefficient (Wildman–Crippen LogP) is 1.43. The van der Waals surface area contributed by atoms with E-state index < -0.39 is 0 Å². The summed E-state index contributed by atoms with van der Waals surface area (Å²) in [6.45, 7) is 1.93. The van der Waals surface area contributed by atoms with Crippen LogP contribution in [0.4, 0.5) is 0 Å². The summed E-state index contributed by atoms with van der Waals surface area (Å²) in [5, 5.41) is 9.99. The first kappa shape index (κ1) is 8.13. The van der Waals surface area contributed by atoms with Crippen LogP contribution in [0.15, 0.2) is 24.5 Å². The van der Waals surface area contributed by atoms with Crippen molar-refractivity contribution in [1.82, 2.24) is 9.97 Å². The van der Waals surface area contributed by atoms with E-state index in [1.807, 2.05) is 19.1 Å². The molecule has 2 heterocycles. The van der Waals surface area contributed by atoms with Crippen molar-refractivity contribution in [3.05, 3.63) is 35.8 Å². The first-order valence-corrected chi connectivity index (χ1v) is 4.12.